The van der Waals surface area contributed by atoms with Crippen molar-refractivity contribution >= 4 is 27.7 Å². The van der Waals surface area contributed by atoms with Crippen LogP contribution in [-0.4, -0.2) is 25.0 Å². The summed E-state index contributed by atoms with van der Waals surface area (Å²) in [5.41, 5.74) is 2.11. The number of furan rings is 1. The number of thioether (sulfide) groups is 1. The SMILES string of the molecule is C=CCn1c(COc2ccccc2-c2ccccc2)nnc1SCc1nnc(-c2ccc(Br)o2)o1. The summed E-state index contributed by atoms with van der Waals surface area (Å²) >= 11 is 4.72. The molecule has 0 saturated heterocycles. The van der Waals surface area contributed by atoms with Gasteiger partial charge in [-0.15, -0.1) is 27.0 Å². The second-order valence-electron chi connectivity index (χ2n) is 7.34. The molecule has 0 atom stereocenters. The standard InChI is InChI=1S/C25H20BrN5O3S/c1-2-14-31-22(15-32-19-11-7-6-10-18(19)17-8-4-3-5-9-17)27-30-25(31)35-16-23-28-29-24(34-23)20-12-13-21(26)33-20/h2-13H,1,14-16H2. The van der Waals surface area contributed by atoms with E-state index in [9.17, 15) is 0 Å². The highest BCUT2D eigenvalue weighted by molar-refractivity contribution is 9.10. The average molecular weight is 550 g/mol. The minimum atomic E-state index is 0.267. The molecule has 0 amide bonds. The number of benzene rings is 2. The average Bonchev–Trinajstić information content (AvgIpc) is 3.63. The number of aromatic nitrogens is 5. The Kier molecular flexibility index (Phi) is 7.10. The van der Waals surface area contributed by atoms with E-state index < -0.39 is 0 Å². The zero-order valence-electron chi connectivity index (χ0n) is 18.5. The molecule has 35 heavy (non-hydrogen) atoms. The maximum absolute atomic E-state index is 6.17. The molecule has 3 heterocycles. The Hall–Kier alpha value is -3.63. The maximum atomic E-state index is 6.17. The van der Waals surface area contributed by atoms with Crippen LogP contribution >= 0.6 is 27.7 Å². The van der Waals surface area contributed by atoms with E-state index in [0.717, 1.165) is 16.9 Å². The van der Waals surface area contributed by atoms with Crippen molar-refractivity contribution in [1.82, 2.24) is 25.0 Å². The summed E-state index contributed by atoms with van der Waals surface area (Å²) in [6.45, 7) is 4.68. The van der Waals surface area contributed by atoms with Crippen LogP contribution in [0.4, 0.5) is 0 Å². The van der Waals surface area contributed by atoms with E-state index in [1.807, 2.05) is 47.0 Å². The van der Waals surface area contributed by atoms with Crippen molar-refractivity contribution in [2.75, 3.05) is 0 Å². The molecule has 3 aromatic heterocycles. The van der Waals surface area contributed by atoms with Crippen molar-refractivity contribution in [2.45, 2.75) is 24.1 Å². The van der Waals surface area contributed by atoms with Gasteiger partial charge in [-0.2, -0.15) is 0 Å². The summed E-state index contributed by atoms with van der Waals surface area (Å²) in [7, 11) is 0. The number of halogens is 1. The van der Waals surface area contributed by atoms with Gasteiger partial charge in [0.05, 0.1) is 5.75 Å². The summed E-state index contributed by atoms with van der Waals surface area (Å²) in [5, 5.41) is 17.6. The van der Waals surface area contributed by atoms with E-state index in [0.29, 0.717) is 45.5 Å². The number of hydrogen-bond acceptors (Lipinski definition) is 8. The molecule has 0 bridgehead atoms. The Morgan fingerprint density at radius 3 is 2.57 bits per heavy atom. The Morgan fingerprint density at radius 2 is 1.77 bits per heavy atom. The van der Waals surface area contributed by atoms with Crippen LogP contribution in [-0.2, 0) is 18.9 Å². The fourth-order valence-electron chi connectivity index (χ4n) is 3.40. The lowest BCUT2D eigenvalue weighted by Gasteiger charge is -2.12. The number of para-hydroxylation sites is 1. The number of ether oxygens (including phenoxy) is 1. The van der Waals surface area contributed by atoms with E-state index in [-0.39, 0.29) is 6.61 Å². The second kappa shape index (κ2) is 10.7. The summed E-state index contributed by atoms with van der Waals surface area (Å²) in [4.78, 5) is 0. The van der Waals surface area contributed by atoms with E-state index in [2.05, 4.69) is 55.0 Å². The zero-order valence-corrected chi connectivity index (χ0v) is 20.9. The van der Waals surface area contributed by atoms with Crippen molar-refractivity contribution in [3.05, 3.63) is 95.8 Å². The molecular weight excluding hydrogens is 530 g/mol. The first-order valence-electron chi connectivity index (χ1n) is 10.7. The molecule has 0 N–H and O–H groups in total. The van der Waals surface area contributed by atoms with Gasteiger partial charge in [-0.05, 0) is 39.7 Å². The zero-order chi connectivity index (χ0) is 24.0. The van der Waals surface area contributed by atoms with Crippen molar-refractivity contribution < 1.29 is 13.6 Å². The van der Waals surface area contributed by atoms with Gasteiger partial charge in [0, 0.05) is 12.1 Å². The first-order valence-corrected chi connectivity index (χ1v) is 12.5. The largest absolute Gasteiger partial charge is 0.485 e. The van der Waals surface area contributed by atoms with Crippen molar-refractivity contribution in [1.29, 1.82) is 0 Å². The molecule has 0 aliphatic rings. The van der Waals surface area contributed by atoms with E-state index in [1.165, 1.54) is 11.8 Å². The van der Waals surface area contributed by atoms with Crippen LogP contribution in [0.15, 0.2) is 98.0 Å². The molecule has 10 heteroatoms. The van der Waals surface area contributed by atoms with Gasteiger partial charge in [0.15, 0.2) is 21.4 Å². The second-order valence-corrected chi connectivity index (χ2v) is 9.07. The monoisotopic (exact) mass is 549 g/mol. The van der Waals surface area contributed by atoms with Crippen LogP contribution in [0.2, 0.25) is 0 Å². The molecule has 0 spiro atoms. The van der Waals surface area contributed by atoms with Crippen LogP contribution < -0.4 is 4.74 Å². The molecule has 2 aromatic carbocycles. The minimum Gasteiger partial charge on any atom is -0.485 e. The van der Waals surface area contributed by atoms with Gasteiger partial charge in [0.2, 0.25) is 5.89 Å². The van der Waals surface area contributed by atoms with E-state index >= 15 is 0 Å². The molecule has 0 unspecified atom stereocenters. The summed E-state index contributed by atoms with van der Waals surface area (Å²) < 4.78 is 19.9. The van der Waals surface area contributed by atoms with Crippen molar-refractivity contribution in [3.63, 3.8) is 0 Å². The summed E-state index contributed by atoms with van der Waals surface area (Å²) in [6, 6.07) is 21.6. The van der Waals surface area contributed by atoms with Crippen molar-refractivity contribution in [3.8, 4) is 28.5 Å². The molecular formula is C25H20BrN5O3S. The third-order valence-electron chi connectivity index (χ3n) is 5.01. The first kappa shape index (κ1) is 23.1. The predicted molar refractivity (Wildman–Crippen MR) is 136 cm³/mol. The predicted octanol–water partition coefficient (Wildman–Crippen LogP) is 6.41. The minimum absolute atomic E-state index is 0.267. The Balaban J connectivity index is 1.28. The fraction of sp³-hybridized carbons (Fsp3) is 0.120. The summed E-state index contributed by atoms with van der Waals surface area (Å²) in [5.74, 6) is 3.20. The summed E-state index contributed by atoms with van der Waals surface area (Å²) in [6.07, 6.45) is 1.80. The molecule has 0 fully saturated rings. The maximum Gasteiger partial charge on any atom is 0.283 e. The lowest BCUT2D eigenvalue weighted by molar-refractivity contribution is 0.290. The topological polar surface area (TPSA) is 92.0 Å². The van der Waals surface area contributed by atoms with E-state index in [4.69, 9.17) is 13.6 Å². The number of nitrogens with zero attached hydrogens (tertiary/aromatic N) is 5. The lowest BCUT2D eigenvalue weighted by atomic mass is 10.1. The number of rotatable bonds is 10. The first-order chi connectivity index (χ1) is 17.2. The van der Waals surface area contributed by atoms with E-state index in [1.54, 1.807) is 18.2 Å². The van der Waals surface area contributed by atoms with Gasteiger partial charge in [0.25, 0.3) is 5.89 Å². The molecule has 5 rings (SSSR count). The van der Waals surface area contributed by atoms with Gasteiger partial charge >= 0.3 is 0 Å². The smallest absolute Gasteiger partial charge is 0.283 e. The Bertz CT molecular complexity index is 1430. The van der Waals surface area contributed by atoms with Crippen LogP contribution in [0.1, 0.15) is 11.7 Å². The van der Waals surface area contributed by atoms with Gasteiger partial charge in [-0.1, -0.05) is 66.4 Å². The third kappa shape index (κ3) is 5.39. The normalized spacial score (nSPS) is 11.0. The van der Waals surface area contributed by atoms with Crippen LogP contribution in [0.5, 0.6) is 5.75 Å². The van der Waals surface area contributed by atoms with Gasteiger partial charge in [-0.25, -0.2) is 0 Å². The van der Waals surface area contributed by atoms with Crippen LogP contribution in [0.25, 0.3) is 22.8 Å². The molecule has 0 radical (unpaired) electrons. The highest BCUT2D eigenvalue weighted by Crippen LogP contribution is 2.31. The molecule has 0 saturated carbocycles. The van der Waals surface area contributed by atoms with Crippen molar-refractivity contribution in [2.24, 2.45) is 0 Å². The fourth-order valence-corrected chi connectivity index (χ4v) is 4.51. The van der Waals surface area contributed by atoms with Gasteiger partial charge < -0.3 is 13.6 Å². The van der Waals surface area contributed by atoms with Crippen LogP contribution in [0, 0.1) is 0 Å². The molecule has 0 aliphatic carbocycles. The molecule has 5 aromatic rings. The van der Waals surface area contributed by atoms with Gasteiger partial charge in [-0.3, -0.25) is 4.57 Å². The number of allylic oxidation sites excluding steroid dienone is 1. The Morgan fingerprint density at radius 1 is 0.943 bits per heavy atom. The highest BCUT2D eigenvalue weighted by Gasteiger charge is 2.17. The van der Waals surface area contributed by atoms with Gasteiger partial charge in [0.1, 0.15) is 12.4 Å². The third-order valence-corrected chi connectivity index (χ3v) is 6.39. The van der Waals surface area contributed by atoms with Crippen LogP contribution in [0.3, 0.4) is 0 Å². The molecule has 0 aliphatic heterocycles. The lowest BCUT2D eigenvalue weighted by Crippen LogP contribution is -2.08. The molecule has 176 valence electrons. The Labute approximate surface area is 214 Å². The number of hydrogen-bond donors (Lipinski definition) is 0. The molecule has 8 nitrogen and oxygen atoms in total. The highest BCUT2D eigenvalue weighted by atomic mass is 79.9. The quantitative estimate of drug-likeness (QED) is 0.146.